The molecule has 0 radical (unpaired) electrons. The molecule has 2 nitrogen and oxygen atoms in total. The van der Waals surface area contributed by atoms with Crippen molar-refractivity contribution >= 4 is 6.29 Å². The van der Waals surface area contributed by atoms with Crippen LogP contribution in [0.4, 0.5) is 0 Å². The van der Waals surface area contributed by atoms with Crippen LogP contribution in [0, 0.1) is 11.8 Å². The third-order valence-corrected chi connectivity index (χ3v) is 2.42. The molecule has 0 aromatic rings. The van der Waals surface area contributed by atoms with Gasteiger partial charge in [-0.1, -0.05) is 19.3 Å². The van der Waals surface area contributed by atoms with Crippen molar-refractivity contribution in [2.75, 3.05) is 0 Å². The van der Waals surface area contributed by atoms with E-state index in [0.717, 1.165) is 44.8 Å². The summed E-state index contributed by atoms with van der Waals surface area (Å²) < 4.78 is 0. The zero-order valence-corrected chi connectivity index (χ0v) is 10.4. The molecule has 0 rings (SSSR count). The maximum Gasteiger partial charge on any atom is 0.120 e. The lowest BCUT2D eigenvalue weighted by molar-refractivity contribution is -0.107. The standard InChI is InChI=1S/C14H24O2/c1-14(16)12-10-8-6-4-2-3-5-7-9-11-13-15/h13-14,16H,2,4,6-12H2,1H3/t14-/m0/s1. The predicted molar refractivity (Wildman–Crippen MR) is 67.1 cm³/mol. The van der Waals surface area contributed by atoms with Gasteiger partial charge in [-0.15, -0.1) is 11.8 Å². The second-order valence-electron chi connectivity index (χ2n) is 4.21. The molecule has 0 aromatic carbocycles. The Kier molecular flexibility index (Phi) is 11.6. The van der Waals surface area contributed by atoms with Crippen molar-refractivity contribution < 1.29 is 9.90 Å². The van der Waals surface area contributed by atoms with Crippen LogP contribution < -0.4 is 0 Å². The molecule has 0 saturated carbocycles. The van der Waals surface area contributed by atoms with Gasteiger partial charge in [0.1, 0.15) is 6.29 Å². The van der Waals surface area contributed by atoms with Gasteiger partial charge >= 0.3 is 0 Å². The van der Waals surface area contributed by atoms with Crippen LogP contribution in [0.3, 0.4) is 0 Å². The fraction of sp³-hybridized carbons (Fsp3) is 0.786. The fourth-order valence-corrected chi connectivity index (χ4v) is 1.46. The summed E-state index contributed by atoms with van der Waals surface area (Å²) in [5.74, 6) is 6.21. The lowest BCUT2D eigenvalue weighted by Crippen LogP contribution is -1.98. The largest absolute Gasteiger partial charge is 0.393 e. The number of carbonyl (C=O) groups is 1. The molecule has 0 aromatic heterocycles. The number of aldehydes is 1. The molecular weight excluding hydrogens is 200 g/mol. The van der Waals surface area contributed by atoms with Crippen molar-refractivity contribution in [3.8, 4) is 11.8 Å². The minimum atomic E-state index is -0.155. The summed E-state index contributed by atoms with van der Waals surface area (Å²) in [5.41, 5.74) is 0. The van der Waals surface area contributed by atoms with Crippen LogP contribution >= 0.6 is 0 Å². The van der Waals surface area contributed by atoms with Crippen molar-refractivity contribution in [2.24, 2.45) is 0 Å². The molecule has 1 atom stereocenters. The summed E-state index contributed by atoms with van der Waals surface area (Å²) in [6.45, 7) is 1.84. The first-order valence-corrected chi connectivity index (χ1v) is 6.34. The van der Waals surface area contributed by atoms with E-state index in [1.165, 1.54) is 12.8 Å². The van der Waals surface area contributed by atoms with E-state index < -0.39 is 0 Å². The highest BCUT2D eigenvalue weighted by Crippen LogP contribution is 2.06. The quantitative estimate of drug-likeness (QED) is 0.371. The molecule has 0 bridgehead atoms. The third kappa shape index (κ3) is 13.2. The van der Waals surface area contributed by atoms with Gasteiger partial charge in [-0.05, 0) is 26.2 Å². The van der Waals surface area contributed by atoms with Gasteiger partial charge in [-0.25, -0.2) is 0 Å². The number of unbranched alkanes of at least 4 members (excludes halogenated alkanes) is 6. The smallest absolute Gasteiger partial charge is 0.120 e. The van der Waals surface area contributed by atoms with Crippen molar-refractivity contribution in [3.63, 3.8) is 0 Å². The van der Waals surface area contributed by atoms with Gasteiger partial charge in [-0.3, -0.25) is 0 Å². The van der Waals surface area contributed by atoms with Gasteiger partial charge in [0.05, 0.1) is 6.10 Å². The Balaban J connectivity index is 3.10. The van der Waals surface area contributed by atoms with Crippen LogP contribution in [0.2, 0.25) is 0 Å². The zero-order valence-electron chi connectivity index (χ0n) is 10.4. The first-order valence-electron chi connectivity index (χ1n) is 6.34. The molecule has 0 aliphatic carbocycles. The summed E-state index contributed by atoms with van der Waals surface area (Å²) >= 11 is 0. The van der Waals surface area contributed by atoms with Crippen LogP contribution in [-0.2, 0) is 4.79 Å². The number of hydrogen-bond acceptors (Lipinski definition) is 2. The molecule has 0 aliphatic rings. The van der Waals surface area contributed by atoms with Gasteiger partial charge in [0.15, 0.2) is 0 Å². The number of rotatable bonds is 9. The molecule has 1 N–H and O–H groups in total. The van der Waals surface area contributed by atoms with E-state index in [4.69, 9.17) is 5.11 Å². The molecule has 0 saturated heterocycles. The van der Waals surface area contributed by atoms with Crippen molar-refractivity contribution in [1.82, 2.24) is 0 Å². The first-order chi connectivity index (χ1) is 7.77. The molecule has 0 fully saturated rings. The lowest BCUT2D eigenvalue weighted by Gasteiger charge is -2.02. The van der Waals surface area contributed by atoms with E-state index >= 15 is 0 Å². The summed E-state index contributed by atoms with van der Waals surface area (Å²) in [5, 5.41) is 9.05. The summed E-state index contributed by atoms with van der Waals surface area (Å²) in [6, 6.07) is 0. The Labute approximate surface area is 99.4 Å². The Bertz CT molecular complexity index is 211. The number of aliphatic hydroxyl groups is 1. The van der Waals surface area contributed by atoms with E-state index in [9.17, 15) is 4.79 Å². The highest BCUT2D eigenvalue weighted by atomic mass is 16.3. The van der Waals surface area contributed by atoms with Crippen molar-refractivity contribution in [2.45, 2.75) is 70.8 Å². The van der Waals surface area contributed by atoms with Crippen molar-refractivity contribution in [3.05, 3.63) is 0 Å². The summed E-state index contributed by atoms with van der Waals surface area (Å²) in [4.78, 5) is 10.0. The van der Waals surface area contributed by atoms with Crippen LogP contribution in [0.25, 0.3) is 0 Å². The highest BCUT2D eigenvalue weighted by Gasteiger charge is 1.94. The van der Waals surface area contributed by atoms with Gasteiger partial charge in [0, 0.05) is 19.3 Å². The van der Waals surface area contributed by atoms with E-state index in [0.29, 0.717) is 6.42 Å². The molecular formula is C14H24O2. The molecule has 2 heteroatoms. The van der Waals surface area contributed by atoms with E-state index in [2.05, 4.69) is 11.8 Å². The Morgan fingerprint density at radius 3 is 2.31 bits per heavy atom. The van der Waals surface area contributed by atoms with E-state index in [1.54, 1.807) is 0 Å². The lowest BCUT2D eigenvalue weighted by atomic mass is 10.1. The van der Waals surface area contributed by atoms with Crippen LogP contribution in [0.15, 0.2) is 0 Å². The van der Waals surface area contributed by atoms with Crippen LogP contribution in [0.5, 0.6) is 0 Å². The van der Waals surface area contributed by atoms with Gasteiger partial charge in [0.2, 0.25) is 0 Å². The maximum atomic E-state index is 10.0. The Morgan fingerprint density at radius 1 is 1.06 bits per heavy atom. The average molecular weight is 224 g/mol. The number of hydrogen-bond donors (Lipinski definition) is 1. The topological polar surface area (TPSA) is 37.3 Å². The zero-order chi connectivity index (χ0) is 12.1. The second-order valence-corrected chi connectivity index (χ2v) is 4.21. The first kappa shape index (κ1) is 15.2. The summed E-state index contributed by atoms with van der Waals surface area (Å²) in [6.07, 6.45) is 9.72. The molecule has 16 heavy (non-hydrogen) atoms. The third-order valence-electron chi connectivity index (χ3n) is 2.42. The molecule has 0 amide bonds. The van der Waals surface area contributed by atoms with E-state index in [-0.39, 0.29) is 6.10 Å². The number of aliphatic hydroxyl groups excluding tert-OH is 1. The van der Waals surface area contributed by atoms with Gasteiger partial charge in [-0.2, -0.15) is 0 Å². The second kappa shape index (κ2) is 12.3. The Morgan fingerprint density at radius 2 is 1.69 bits per heavy atom. The predicted octanol–water partition coefficient (Wildman–Crippen LogP) is 3.08. The van der Waals surface area contributed by atoms with Gasteiger partial charge < -0.3 is 9.90 Å². The Hall–Kier alpha value is -0.810. The molecule has 0 spiro atoms. The normalized spacial score (nSPS) is 11.6. The van der Waals surface area contributed by atoms with Crippen LogP contribution in [0.1, 0.15) is 64.7 Å². The average Bonchev–Trinajstić information content (AvgIpc) is 2.25. The number of carbonyl (C=O) groups excluding carboxylic acids is 1. The van der Waals surface area contributed by atoms with Crippen molar-refractivity contribution in [1.29, 1.82) is 0 Å². The molecule has 0 unspecified atom stereocenters. The SMILES string of the molecule is C[C@H](O)CCCCCCC#CCCCC=O. The summed E-state index contributed by atoms with van der Waals surface area (Å²) in [7, 11) is 0. The van der Waals surface area contributed by atoms with Crippen LogP contribution in [-0.4, -0.2) is 17.5 Å². The fourth-order valence-electron chi connectivity index (χ4n) is 1.46. The van der Waals surface area contributed by atoms with E-state index in [1.807, 2.05) is 6.92 Å². The minimum Gasteiger partial charge on any atom is -0.393 e. The molecule has 0 aliphatic heterocycles. The maximum absolute atomic E-state index is 10.0. The molecule has 92 valence electrons. The van der Waals surface area contributed by atoms with Gasteiger partial charge in [0.25, 0.3) is 0 Å². The minimum absolute atomic E-state index is 0.155. The monoisotopic (exact) mass is 224 g/mol. The molecule has 0 heterocycles. The highest BCUT2D eigenvalue weighted by molar-refractivity contribution is 5.49.